The lowest BCUT2D eigenvalue weighted by Gasteiger charge is -1.96. The summed E-state index contributed by atoms with van der Waals surface area (Å²) in [5, 5.41) is 19.0. The van der Waals surface area contributed by atoms with E-state index in [-0.39, 0.29) is 16.9 Å². The van der Waals surface area contributed by atoms with Crippen LogP contribution in [0, 0.1) is 10.1 Å². The van der Waals surface area contributed by atoms with Gasteiger partial charge in [0.1, 0.15) is 0 Å². The van der Waals surface area contributed by atoms with Gasteiger partial charge in [-0.05, 0) is 15.9 Å². The van der Waals surface area contributed by atoms with E-state index in [9.17, 15) is 10.1 Å². The standard InChI is InChI=1S/C6H5BrN2O3/c7-6-5(9(11)12)1-4(3-10)2-8-6/h1-2,10H,3H2. The van der Waals surface area contributed by atoms with Gasteiger partial charge < -0.3 is 5.11 Å². The van der Waals surface area contributed by atoms with Crippen LogP contribution in [0.1, 0.15) is 5.56 Å². The van der Waals surface area contributed by atoms with Crippen molar-refractivity contribution in [2.24, 2.45) is 0 Å². The molecular weight excluding hydrogens is 228 g/mol. The highest BCUT2D eigenvalue weighted by atomic mass is 79.9. The highest BCUT2D eigenvalue weighted by molar-refractivity contribution is 9.10. The van der Waals surface area contributed by atoms with E-state index in [4.69, 9.17) is 5.11 Å². The molecule has 12 heavy (non-hydrogen) atoms. The average Bonchev–Trinajstić information content (AvgIpc) is 2.05. The second kappa shape index (κ2) is 3.59. The number of halogens is 1. The first kappa shape index (κ1) is 9.08. The molecule has 0 aliphatic heterocycles. The summed E-state index contributed by atoms with van der Waals surface area (Å²) >= 11 is 2.93. The molecular formula is C6H5BrN2O3. The quantitative estimate of drug-likeness (QED) is 0.473. The van der Waals surface area contributed by atoms with E-state index >= 15 is 0 Å². The summed E-state index contributed by atoms with van der Waals surface area (Å²) in [5.41, 5.74) is 0.284. The maximum Gasteiger partial charge on any atom is 0.302 e. The Hall–Kier alpha value is -1.01. The van der Waals surface area contributed by atoms with Crippen molar-refractivity contribution in [1.29, 1.82) is 0 Å². The van der Waals surface area contributed by atoms with Crippen LogP contribution in [-0.4, -0.2) is 15.0 Å². The molecule has 0 atom stereocenters. The molecule has 0 aliphatic rings. The van der Waals surface area contributed by atoms with Crippen molar-refractivity contribution in [1.82, 2.24) is 4.98 Å². The van der Waals surface area contributed by atoms with Crippen molar-refractivity contribution in [3.63, 3.8) is 0 Å². The lowest BCUT2D eigenvalue weighted by molar-refractivity contribution is -0.386. The van der Waals surface area contributed by atoms with Crippen LogP contribution < -0.4 is 0 Å². The van der Waals surface area contributed by atoms with Gasteiger partial charge in [0, 0.05) is 17.8 Å². The molecule has 1 rings (SSSR count). The number of nitrogens with zero attached hydrogens (tertiary/aromatic N) is 2. The smallest absolute Gasteiger partial charge is 0.302 e. The zero-order valence-corrected chi connectivity index (χ0v) is 7.48. The molecule has 0 radical (unpaired) electrons. The molecule has 0 aliphatic carbocycles. The van der Waals surface area contributed by atoms with Gasteiger partial charge in [-0.15, -0.1) is 0 Å². The van der Waals surface area contributed by atoms with E-state index in [1.54, 1.807) is 0 Å². The SMILES string of the molecule is O=[N+]([O-])c1cc(CO)cnc1Br. The maximum absolute atomic E-state index is 10.3. The minimum Gasteiger partial charge on any atom is -0.392 e. The first-order valence-electron chi connectivity index (χ1n) is 3.05. The van der Waals surface area contributed by atoms with Crippen molar-refractivity contribution < 1.29 is 10.0 Å². The summed E-state index contributed by atoms with van der Waals surface area (Å²) in [7, 11) is 0. The number of hydrogen-bond donors (Lipinski definition) is 1. The molecule has 1 heterocycles. The highest BCUT2D eigenvalue weighted by Gasteiger charge is 2.12. The molecule has 0 unspecified atom stereocenters. The Labute approximate surface area is 76.3 Å². The van der Waals surface area contributed by atoms with Crippen molar-refractivity contribution in [3.8, 4) is 0 Å². The van der Waals surface area contributed by atoms with E-state index in [1.807, 2.05) is 0 Å². The molecule has 0 aromatic carbocycles. The summed E-state index contributed by atoms with van der Waals surface area (Å²) in [4.78, 5) is 13.5. The third kappa shape index (κ3) is 1.77. The summed E-state index contributed by atoms with van der Waals surface area (Å²) in [5.74, 6) is 0. The lowest BCUT2D eigenvalue weighted by Crippen LogP contribution is -1.94. The number of aliphatic hydroxyl groups is 1. The van der Waals surface area contributed by atoms with Gasteiger partial charge in [-0.1, -0.05) is 0 Å². The minimum atomic E-state index is -0.559. The van der Waals surface area contributed by atoms with Crippen LogP contribution in [0.2, 0.25) is 0 Å². The molecule has 1 aromatic heterocycles. The molecule has 0 saturated heterocycles. The van der Waals surface area contributed by atoms with Crippen LogP contribution in [-0.2, 0) is 6.61 Å². The number of hydrogen-bond acceptors (Lipinski definition) is 4. The van der Waals surface area contributed by atoms with Crippen LogP contribution in [0.4, 0.5) is 5.69 Å². The normalized spacial score (nSPS) is 9.83. The summed E-state index contributed by atoms with van der Waals surface area (Å²) in [6, 6.07) is 1.27. The second-order valence-electron chi connectivity index (χ2n) is 2.07. The first-order chi connectivity index (χ1) is 5.65. The Morgan fingerprint density at radius 1 is 1.75 bits per heavy atom. The Bertz CT molecular complexity index is 316. The predicted molar refractivity (Wildman–Crippen MR) is 44.5 cm³/mol. The molecule has 0 fully saturated rings. The Morgan fingerprint density at radius 2 is 2.42 bits per heavy atom. The van der Waals surface area contributed by atoms with E-state index in [1.165, 1.54) is 12.3 Å². The largest absolute Gasteiger partial charge is 0.392 e. The molecule has 0 amide bonds. The summed E-state index contributed by atoms with van der Waals surface area (Å²) in [6.45, 7) is -0.249. The van der Waals surface area contributed by atoms with Crippen LogP contribution in [0.3, 0.4) is 0 Å². The van der Waals surface area contributed by atoms with Crippen molar-refractivity contribution in [2.75, 3.05) is 0 Å². The molecule has 1 aromatic rings. The van der Waals surface area contributed by atoms with Crippen LogP contribution in [0.25, 0.3) is 0 Å². The Kier molecular flexibility index (Phi) is 2.72. The number of rotatable bonds is 2. The number of nitro groups is 1. The Morgan fingerprint density at radius 3 is 2.92 bits per heavy atom. The van der Waals surface area contributed by atoms with Gasteiger partial charge in [0.15, 0.2) is 4.60 Å². The molecule has 64 valence electrons. The molecule has 0 bridgehead atoms. The van der Waals surface area contributed by atoms with Gasteiger partial charge in [0.05, 0.1) is 11.5 Å². The van der Waals surface area contributed by atoms with Gasteiger partial charge in [0.25, 0.3) is 0 Å². The fourth-order valence-electron chi connectivity index (χ4n) is 0.693. The molecule has 0 spiro atoms. The zero-order chi connectivity index (χ0) is 9.14. The third-order valence-corrected chi connectivity index (χ3v) is 1.87. The van der Waals surface area contributed by atoms with E-state index < -0.39 is 4.92 Å². The Balaban J connectivity index is 3.17. The third-order valence-electron chi connectivity index (χ3n) is 1.26. The lowest BCUT2D eigenvalue weighted by atomic mass is 10.3. The van der Waals surface area contributed by atoms with Crippen LogP contribution in [0.5, 0.6) is 0 Å². The van der Waals surface area contributed by atoms with Crippen LogP contribution in [0.15, 0.2) is 16.9 Å². The zero-order valence-electron chi connectivity index (χ0n) is 5.90. The highest BCUT2D eigenvalue weighted by Crippen LogP contribution is 2.22. The number of aliphatic hydroxyl groups excluding tert-OH is 1. The summed E-state index contributed by atoms with van der Waals surface area (Å²) < 4.78 is 0.171. The van der Waals surface area contributed by atoms with E-state index in [2.05, 4.69) is 20.9 Å². The topological polar surface area (TPSA) is 76.3 Å². The van der Waals surface area contributed by atoms with Crippen LogP contribution >= 0.6 is 15.9 Å². The molecule has 5 nitrogen and oxygen atoms in total. The number of aromatic nitrogens is 1. The van der Waals surface area contributed by atoms with E-state index in [0.29, 0.717) is 5.56 Å². The van der Waals surface area contributed by atoms with Gasteiger partial charge in [0.2, 0.25) is 0 Å². The second-order valence-corrected chi connectivity index (χ2v) is 2.82. The average molecular weight is 233 g/mol. The van der Waals surface area contributed by atoms with Gasteiger partial charge in [-0.25, -0.2) is 4.98 Å². The van der Waals surface area contributed by atoms with Crippen molar-refractivity contribution >= 4 is 21.6 Å². The number of pyridine rings is 1. The fourth-order valence-corrected chi connectivity index (χ4v) is 1.05. The maximum atomic E-state index is 10.3. The summed E-state index contributed by atoms with van der Waals surface area (Å²) in [6.07, 6.45) is 1.37. The fraction of sp³-hybridized carbons (Fsp3) is 0.167. The van der Waals surface area contributed by atoms with Gasteiger partial charge >= 0.3 is 5.69 Å². The molecule has 1 N–H and O–H groups in total. The first-order valence-corrected chi connectivity index (χ1v) is 3.84. The van der Waals surface area contributed by atoms with Gasteiger partial charge in [-0.3, -0.25) is 10.1 Å². The van der Waals surface area contributed by atoms with Crippen molar-refractivity contribution in [3.05, 3.63) is 32.5 Å². The van der Waals surface area contributed by atoms with E-state index in [0.717, 1.165) is 0 Å². The minimum absolute atomic E-state index is 0.137. The molecule has 0 saturated carbocycles. The molecule has 6 heteroatoms. The monoisotopic (exact) mass is 232 g/mol. The van der Waals surface area contributed by atoms with Gasteiger partial charge in [-0.2, -0.15) is 0 Å². The van der Waals surface area contributed by atoms with Crippen molar-refractivity contribution in [2.45, 2.75) is 6.61 Å². The predicted octanol–water partition coefficient (Wildman–Crippen LogP) is 1.24.